The van der Waals surface area contributed by atoms with E-state index in [4.69, 9.17) is 0 Å². The van der Waals surface area contributed by atoms with E-state index in [0.717, 1.165) is 47.9 Å². The molecule has 0 bridgehead atoms. The van der Waals surface area contributed by atoms with Crippen LogP contribution in [0.1, 0.15) is 10.4 Å². The maximum absolute atomic E-state index is 11.0. The third-order valence-corrected chi connectivity index (χ3v) is 5.63. The number of nitrogens with zero attached hydrogens (tertiary/aromatic N) is 6. The Kier molecular flexibility index (Phi) is 4.33. The van der Waals surface area contributed by atoms with Crippen LogP contribution in [0, 0.1) is 28.4 Å². The molecule has 0 unspecified atom stereocenters. The number of hydrogen-bond donors (Lipinski definition) is 0. The van der Waals surface area contributed by atoms with Gasteiger partial charge in [0.1, 0.15) is 28.6 Å². The summed E-state index contributed by atoms with van der Waals surface area (Å²) >= 11 is 1.66. The molecule has 1 aromatic carbocycles. The van der Waals surface area contributed by atoms with Crippen LogP contribution in [-0.2, 0) is 0 Å². The van der Waals surface area contributed by atoms with E-state index in [9.17, 15) is 15.4 Å². The Morgan fingerprint density at radius 1 is 1.19 bits per heavy atom. The van der Waals surface area contributed by atoms with Crippen molar-refractivity contribution in [3.05, 3.63) is 51.1 Å². The van der Waals surface area contributed by atoms with Crippen molar-refractivity contribution in [2.75, 3.05) is 36.0 Å². The average Bonchev–Trinajstić information content (AvgIpc) is 3.07. The molecule has 1 fully saturated rings. The Labute approximate surface area is 159 Å². The van der Waals surface area contributed by atoms with Gasteiger partial charge in [0.2, 0.25) is 0 Å². The van der Waals surface area contributed by atoms with Crippen molar-refractivity contribution >= 4 is 38.7 Å². The largest absolute Gasteiger partial charge is 0.368 e. The minimum atomic E-state index is -0.524. The lowest BCUT2D eigenvalue weighted by Crippen LogP contribution is -2.46. The number of anilines is 2. The molecule has 136 valence electrons. The molecular formula is C18H16N6O2S. The Morgan fingerprint density at radius 2 is 1.93 bits per heavy atom. The van der Waals surface area contributed by atoms with E-state index in [1.54, 1.807) is 29.8 Å². The van der Waals surface area contributed by atoms with Crippen LogP contribution in [0.4, 0.5) is 17.2 Å². The lowest BCUT2D eigenvalue weighted by Gasteiger charge is -2.36. The number of hydrogen-bond acceptors (Lipinski definition) is 8. The fourth-order valence-electron chi connectivity index (χ4n) is 3.36. The monoisotopic (exact) mass is 380 g/mol. The van der Waals surface area contributed by atoms with Gasteiger partial charge in [-0.05, 0) is 25.1 Å². The fraction of sp³-hybridized carbons (Fsp3) is 0.278. The molecule has 1 aliphatic heterocycles. The van der Waals surface area contributed by atoms with Gasteiger partial charge >= 0.3 is 0 Å². The van der Waals surface area contributed by atoms with Gasteiger partial charge in [-0.3, -0.25) is 10.1 Å². The minimum Gasteiger partial charge on any atom is -0.368 e. The molecule has 3 aromatic rings. The molecule has 4 rings (SSSR count). The Morgan fingerprint density at radius 3 is 2.63 bits per heavy atom. The Hall–Kier alpha value is -3.25. The maximum Gasteiger partial charge on any atom is 0.287 e. The normalized spacial score (nSPS) is 14.4. The summed E-state index contributed by atoms with van der Waals surface area (Å²) in [5, 5.41) is 21.3. The number of aromatic nitrogens is 2. The van der Waals surface area contributed by atoms with Crippen LogP contribution in [0.25, 0.3) is 10.2 Å². The minimum absolute atomic E-state index is 0.0891. The van der Waals surface area contributed by atoms with Crippen molar-refractivity contribution in [2.24, 2.45) is 0 Å². The predicted octanol–water partition coefficient (Wildman–Crippen LogP) is 3.11. The first kappa shape index (κ1) is 17.2. The van der Waals surface area contributed by atoms with Crippen LogP contribution >= 0.6 is 11.3 Å². The van der Waals surface area contributed by atoms with Crippen molar-refractivity contribution in [2.45, 2.75) is 6.92 Å². The lowest BCUT2D eigenvalue weighted by atomic mass is 10.1. The number of piperazine rings is 1. The van der Waals surface area contributed by atoms with E-state index in [1.807, 2.05) is 6.07 Å². The second-order valence-corrected chi connectivity index (χ2v) is 7.55. The van der Waals surface area contributed by atoms with Gasteiger partial charge in [-0.2, -0.15) is 5.26 Å². The molecule has 8 nitrogen and oxygen atoms in total. The molecule has 0 amide bonds. The number of nitro groups is 1. The lowest BCUT2D eigenvalue weighted by molar-refractivity contribution is -0.385. The van der Waals surface area contributed by atoms with Crippen LogP contribution in [0.3, 0.4) is 0 Å². The molecule has 0 radical (unpaired) electrons. The summed E-state index contributed by atoms with van der Waals surface area (Å²) in [4.78, 5) is 25.9. The van der Waals surface area contributed by atoms with Crippen molar-refractivity contribution in [1.82, 2.24) is 9.97 Å². The highest BCUT2D eigenvalue weighted by molar-refractivity contribution is 7.18. The summed E-state index contributed by atoms with van der Waals surface area (Å²) in [5.41, 5.74) is 0.762. The molecule has 1 aliphatic rings. The zero-order chi connectivity index (χ0) is 19.0. The zero-order valence-electron chi connectivity index (χ0n) is 14.6. The standard InChI is InChI=1S/C18H16N6O2S/c1-12-8-15-17(20-11-21-18(15)27-12)23-6-4-22(5-7-23)14-2-3-16(24(25)26)13(9-14)10-19/h2-3,8-9,11H,4-7H2,1H3. The molecular weight excluding hydrogens is 364 g/mol. The number of nitro benzene ring substituents is 1. The first-order valence-electron chi connectivity index (χ1n) is 8.46. The summed E-state index contributed by atoms with van der Waals surface area (Å²) in [6.07, 6.45) is 1.61. The van der Waals surface area contributed by atoms with Gasteiger partial charge in [0.05, 0.1) is 10.3 Å². The van der Waals surface area contributed by atoms with Crippen molar-refractivity contribution in [1.29, 1.82) is 5.26 Å². The van der Waals surface area contributed by atoms with Gasteiger partial charge in [0.25, 0.3) is 5.69 Å². The second-order valence-electron chi connectivity index (χ2n) is 6.32. The van der Waals surface area contributed by atoms with E-state index in [-0.39, 0.29) is 11.3 Å². The number of thiophene rings is 1. The highest BCUT2D eigenvalue weighted by atomic mass is 32.1. The molecule has 0 aliphatic carbocycles. The van der Waals surface area contributed by atoms with Gasteiger partial charge in [0.15, 0.2) is 0 Å². The molecule has 27 heavy (non-hydrogen) atoms. The smallest absolute Gasteiger partial charge is 0.287 e. The van der Waals surface area contributed by atoms with Crippen molar-refractivity contribution in [3.63, 3.8) is 0 Å². The van der Waals surface area contributed by atoms with E-state index >= 15 is 0 Å². The highest BCUT2D eigenvalue weighted by Gasteiger charge is 2.22. The van der Waals surface area contributed by atoms with Crippen molar-refractivity contribution in [3.8, 4) is 6.07 Å². The highest BCUT2D eigenvalue weighted by Crippen LogP contribution is 2.31. The number of nitriles is 1. The van der Waals surface area contributed by atoms with Crippen LogP contribution in [0.15, 0.2) is 30.6 Å². The summed E-state index contributed by atoms with van der Waals surface area (Å²) in [7, 11) is 0. The van der Waals surface area contributed by atoms with Gasteiger partial charge in [-0.25, -0.2) is 9.97 Å². The molecule has 0 spiro atoms. The van der Waals surface area contributed by atoms with Gasteiger partial charge < -0.3 is 9.80 Å². The number of rotatable bonds is 3. The molecule has 3 heterocycles. The first-order chi connectivity index (χ1) is 13.1. The quantitative estimate of drug-likeness (QED) is 0.508. The zero-order valence-corrected chi connectivity index (χ0v) is 15.4. The first-order valence-corrected chi connectivity index (χ1v) is 9.28. The summed E-state index contributed by atoms with van der Waals surface area (Å²) in [5.74, 6) is 0.949. The molecule has 1 saturated heterocycles. The summed E-state index contributed by atoms with van der Waals surface area (Å²) < 4.78 is 0. The topological polar surface area (TPSA) is 99.2 Å². The molecule has 2 aromatic heterocycles. The third kappa shape index (κ3) is 3.15. The van der Waals surface area contributed by atoms with Gasteiger partial charge in [-0.1, -0.05) is 0 Å². The molecule has 0 saturated carbocycles. The summed E-state index contributed by atoms with van der Waals surface area (Å²) in [6, 6.07) is 8.75. The maximum atomic E-state index is 11.0. The van der Waals surface area contributed by atoms with Crippen LogP contribution in [0.5, 0.6) is 0 Å². The molecule has 0 atom stereocenters. The fourth-order valence-corrected chi connectivity index (χ4v) is 4.20. The van der Waals surface area contributed by atoms with Crippen molar-refractivity contribution < 1.29 is 4.92 Å². The van der Waals surface area contributed by atoms with E-state index in [0.29, 0.717) is 0 Å². The van der Waals surface area contributed by atoms with Gasteiger partial charge in [-0.15, -0.1) is 11.3 Å². The van der Waals surface area contributed by atoms with Gasteiger partial charge in [0, 0.05) is 42.8 Å². The molecule has 9 heteroatoms. The predicted molar refractivity (Wildman–Crippen MR) is 104 cm³/mol. The number of aryl methyl sites for hydroxylation is 1. The summed E-state index contributed by atoms with van der Waals surface area (Å²) in [6.45, 7) is 5.11. The van der Waals surface area contributed by atoms with Crippen LogP contribution in [0.2, 0.25) is 0 Å². The third-order valence-electron chi connectivity index (χ3n) is 4.67. The Bertz CT molecular complexity index is 1070. The van der Waals surface area contributed by atoms with Crippen LogP contribution < -0.4 is 9.80 Å². The van der Waals surface area contributed by atoms with E-state index in [1.165, 1.54) is 10.9 Å². The SMILES string of the molecule is Cc1cc2c(N3CCN(c4ccc([N+](=O)[O-])c(C#N)c4)CC3)ncnc2s1. The number of benzene rings is 1. The molecule has 0 N–H and O–H groups in total. The van der Waals surface area contributed by atoms with E-state index < -0.39 is 4.92 Å². The second kappa shape index (κ2) is 6.81. The number of fused-ring (bicyclic) bond motifs is 1. The van der Waals surface area contributed by atoms with E-state index in [2.05, 4.69) is 32.8 Å². The Balaban J connectivity index is 1.54. The average molecular weight is 380 g/mol. The van der Waals surface area contributed by atoms with Crippen LogP contribution in [-0.4, -0.2) is 41.1 Å².